The zero-order chi connectivity index (χ0) is 24.3. The first kappa shape index (κ1) is 34.1. The summed E-state index contributed by atoms with van der Waals surface area (Å²) in [7, 11) is 0. The number of rotatable bonds is 28. The van der Waals surface area contributed by atoms with Crippen molar-refractivity contribution < 1.29 is 37.9 Å². The van der Waals surface area contributed by atoms with Crippen molar-refractivity contribution in [2.45, 2.75) is 0 Å². The van der Waals surface area contributed by atoms with E-state index in [1.807, 2.05) is 0 Å². The number of hydrogen-bond donors (Lipinski definition) is 2. The van der Waals surface area contributed by atoms with E-state index < -0.39 is 5.41 Å². The van der Waals surface area contributed by atoms with Gasteiger partial charge in [-0.3, -0.25) is 0 Å². The molecular weight excluding hydrogens is 508 g/mol. The Hall–Kier alpha value is 1.08. The minimum Gasteiger partial charge on any atom is -0.790 e. The fourth-order valence-corrected chi connectivity index (χ4v) is 3.03. The molecule has 0 aliphatic rings. The first-order valence-electron chi connectivity index (χ1n) is 11.2. The van der Waals surface area contributed by atoms with Crippen molar-refractivity contribution in [3.63, 3.8) is 0 Å². The SMILES string of the molecule is [S-]CCOCCOCC(COCCOCC[S-])(COCCOCCS)COCCOCCS. The topological polar surface area (TPSA) is 73.8 Å². The Labute approximate surface area is 222 Å². The van der Waals surface area contributed by atoms with Gasteiger partial charge in [-0.15, -0.1) is 0 Å². The summed E-state index contributed by atoms with van der Waals surface area (Å²) in [5.74, 6) is 2.49. The summed E-state index contributed by atoms with van der Waals surface area (Å²) in [6.45, 7) is 7.66. The molecule has 0 amide bonds. The third-order valence-electron chi connectivity index (χ3n) is 4.05. The zero-order valence-corrected chi connectivity index (χ0v) is 23.0. The van der Waals surface area contributed by atoms with E-state index in [1.54, 1.807) is 0 Å². The van der Waals surface area contributed by atoms with Crippen LogP contribution in [-0.2, 0) is 63.2 Å². The molecule has 0 atom stereocenters. The Balaban J connectivity index is 4.74. The first-order valence-corrected chi connectivity index (χ1v) is 13.7. The molecule has 12 heteroatoms. The van der Waals surface area contributed by atoms with Crippen molar-refractivity contribution in [2.24, 2.45) is 5.41 Å². The van der Waals surface area contributed by atoms with E-state index in [1.165, 1.54) is 0 Å². The summed E-state index contributed by atoms with van der Waals surface area (Å²) < 4.78 is 45.3. The smallest absolute Gasteiger partial charge is 0.0700 e. The minimum atomic E-state index is -0.497. The second-order valence-corrected chi connectivity index (χ2v) is 8.73. The lowest BCUT2D eigenvalue weighted by atomic mass is 9.92. The summed E-state index contributed by atoms with van der Waals surface area (Å²) in [5, 5.41) is 0. The second-order valence-electron chi connectivity index (χ2n) is 7.02. The monoisotopic (exact) mass is 550 g/mol. The number of ether oxygens (including phenoxy) is 8. The fourth-order valence-electron chi connectivity index (χ4n) is 2.53. The van der Waals surface area contributed by atoms with Crippen molar-refractivity contribution >= 4 is 50.5 Å². The molecule has 0 N–H and O–H groups in total. The van der Waals surface area contributed by atoms with Gasteiger partial charge in [0.1, 0.15) is 0 Å². The Bertz CT molecular complexity index is 317. The van der Waals surface area contributed by atoms with E-state index in [0.717, 1.165) is 0 Å². The van der Waals surface area contributed by atoms with Gasteiger partial charge in [-0.05, 0) is 0 Å². The molecule has 0 aliphatic carbocycles. The molecule has 0 aromatic carbocycles. The van der Waals surface area contributed by atoms with Gasteiger partial charge in [-0.2, -0.15) is 36.8 Å². The molecular formula is C21H42O8S4-2. The van der Waals surface area contributed by atoms with Crippen LogP contribution in [0.25, 0.3) is 0 Å². The molecule has 0 unspecified atom stereocenters. The van der Waals surface area contributed by atoms with Gasteiger partial charge in [0.25, 0.3) is 0 Å². The molecule has 8 nitrogen and oxygen atoms in total. The first-order chi connectivity index (χ1) is 16.2. The molecule has 0 aromatic heterocycles. The van der Waals surface area contributed by atoms with E-state index in [-0.39, 0.29) is 0 Å². The average Bonchev–Trinajstić information content (AvgIpc) is 2.83. The Kier molecular flexibility index (Phi) is 28.6. The van der Waals surface area contributed by atoms with Gasteiger partial charge in [0.05, 0.1) is 97.9 Å². The summed E-state index contributed by atoms with van der Waals surface area (Å²) in [4.78, 5) is 0. The maximum atomic E-state index is 5.91. The molecule has 0 spiro atoms. The van der Waals surface area contributed by atoms with Gasteiger partial charge in [-0.1, -0.05) is 0 Å². The third-order valence-corrected chi connectivity index (χ3v) is 4.75. The standard InChI is InChI=1S/C21H44O8S4/c30-13-9-22-1-5-26-17-21(18-27-6-2-23-10-14-31,19-28-7-3-24-11-15-32)20-29-8-4-25-12-16-33/h30-33H,1-20H2/p-2. The van der Waals surface area contributed by atoms with Gasteiger partial charge in [-0.25, -0.2) is 0 Å². The van der Waals surface area contributed by atoms with E-state index >= 15 is 0 Å². The van der Waals surface area contributed by atoms with Gasteiger partial charge < -0.3 is 63.2 Å². The molecule has 0 aliphatic heterocycles. The summed E-state index contributed by atoms with van der Waals surface area (Å²) in [6.07, 6.45) is 0. The number of thiol groups is 2. The second kappa shape index (κ2) is 27.7. The summed E-state index contributed by atoms with van der Waals surface area (Å²) >= 11 is 18.0. The molecule has 0 aromatic rings. The lowest BCUT2D eigenvalue weighted by Crippen LogP contribution is -2.43. The molecule has 33 heavy (non-hydrogen) atoms. The minimum absolute atomic E-state index is 0.395. The Morgan fingerprint density at radius 1 is 0.394 bits per heavy atom. The van der Waals surface area contributed by atoms with Crippen molar-refractivity contribution in [1.29, 1.82) is 0 Å². The maximum absolute atomic E-state index is 5.91. The maximum Gasteiger partial charge on any atom is 0.0700 e. The van der Waals surface area contributed by atoms with Crippen LogP contribution in [0.4, 0.5) is 0 Å². The van der Waals surface area contributed by atoms with Crippen molar-refractivity contribution in [3.8, 4) is 0 Å². The predicted molar refractivity (Wildman–Crippen MR) is 141 cm³/mol. The zero-order valence-electron chi connectivity index (χ0n) is 19.6. The summed E-state index contributed by atoms with van der Waals surface area (Å²) in [6, 6.07) is 0. The molecule has 0 fully saturated rings. The normalized spacial score (nSPS) is 12.0. The highest BCUT2D eigenvalue weighted by molar-refractivity contribution is 7.80. The van der Waals surface area contributed by atoms with E-state index in [0.29, 0.717) is 129 Å². The van der Waals surface area contributed by atoms with Gasteiger partial charge in [0.15, 0.2) is 0 Å². The highest BCUT2D eigenvalue weighted by atomic mass is 32.1. The van der Waals surface area contributed by atoms with E-state index in [2.05, 4.69) is 25.3 Å². The molecule has 0 heterocycles. The van der Waals surface area contributed by atoms with Crippen molar-refractivity contribution in [3.05, 3.63) is 0 Å². The molecule has 0 saturated heterocycles. The van der Waals surface area contributed by atoms with Crippen LogP contribution in [-0.4, -0.2) is 129 Å². The largest absolute Gasteiger partial charge is 0.790 e. The highest BCUT2D eigenvalue weighted by Gasteiger charge is 2.32. The van der Waals surface area contributed by atoms with Crippen LogP contribution in [0.15, 0.2) is 0 Å². The lowest BCUT2D eigenvalue weighted by Gasteiger charge is -2.33. The number of hydrogen-bond acceptors (Lipinski definition) is 12. The van der Waals surface area contributed by atoms with Gasteiger partial charge in [0.2, 0.25) is 0 Å². The summed E-state index contributed by atoms with van der Waals surface area (Å²) in [5.41, 5.74) is -0.497. The van der Waals surface area contributed by atoms with Crippen LogP contribution in [0.1, 0.15) is 0 Å². The molecule has 200 valence electrons. The third kappa shape index (κ3) is 23.2. The quantitative estimate of drug-likeness (QED) is 0.0839. The Morgan fingerprint density at radius 3 is 0.939 bits per heavy atom. The van der Waals surface area contributed by atoms with Crippen LogP contribution in [0.5, 0.6) is 0 Å². The lowest BCUT2D eigenvalue weighted by molar-refractivity contribution is -0.120. The molecule has 0 saturated carbocycles. The van der Waals surface area contributed by atoms with E-state index in [4.69, 9.17) is 63.2 Å². The fraction of sp³-hybridized carbons (Fsp3) is 1.00. The van der Waals surface area contributed by atoms with Crippen LogP contribution in [0, 0.1) is 5.41 Å². The Morgan fingerprint density at radius 2 is 0.667 bits per heavy atom. The van der Waals surface area contributed by atoms with E-state index in [9.17, 15) is 0 Å². The molecule has 0 rings (SSSR count). The van der Waals surface area contributed by atoms with Crippen molar-refractivity contribution in [1.82, 2.24) is 0 Å². The molecule has 0 radical (unpaired) electrons. The van der Waals surface area contributed by atoms with Gasteiger partial charge >= 0.3 is 0 Å². The van der Waals surface area contributed by atoms with Crippen LogP contribution in [0.3, 0.4) is 0 Å². The van der Waals surface area contributed by atoms with Crippen LogP contribution < -0.4 is 0 Å². The highest BCUT2D eigenvalue weighted by Crippen LogP contribution is 2.21. The van der Waals surface area contributed by atoms with Gasteiger partial charge in [0, 0.05) is 24.7 Å². The van der Waals surface area contributed by atoms with Crippen molar-refractivity contribution in [2.75, 3.05) is 129 Å². The molecule has 0 bridgehead atoms. The van der Waals surface area contributed by atoms with Crippen LogP contribution in [0.2, 0.25) is 0 Å². The average molecular weight is 551 g/mol. The predicted octanol–water partition coefficient (Wildman–Crippen LogP) is 1.06. The van der Waals surface area contributed by atoms with Crippen LogP contribution >= 0.6 is 25.3 Å².